The number of amides is 1. The molecule has 3 nitrogen and oxygen atoms in total. The van der Waals surface area contributed by atoms with Crippen molar-refractivity contribution >= 4 is 21.8 Å². The van der Waals surface area contributed by atoms with Gasteiger partial charge in [0.05, 0.1) is 0 Å². The lowest BCUT2D eigenvalue weighted by atomic mass is 10.3. The minimum Gasteiger partial charge on any atom is -0.456 e. The highest BCUT2D eigenvalue weighted by molar-refractivity contribution is 9.09. The molecule has 4 heteroatoms. The maximum atomic E-state index is 12.0. The Morgan fingerprint density at radius 1 is 1.44 bits per heavy atom. The van der Waals surface area contributed by atoms with Crippen LogP contribution >= 0.6 is 15.9 Å². The Hall–Kier alpha value is -0.770. The quantitative estimate of drug-likeness (QED) is 0.754. The summed E-state index contributed by atoms with van der Waals surface area (Å²) in [5, 5.41) is 0.912. The SMILES string of the molecule is CCc1ccc(C(=O)N(CC)CCCBr)o1. The summed E-state index contributed by atoms with van der Waals surface area (Å²) in [6, 6.07) is 3.63. The molecule has 16 heavy (non-hydrogen) atoms. The van der Waals surface area contributed by atoms with E-state index in [0.717, 1.165) is 30.5 Å². The van der Waals surface area contributed by atoms with E-state index in [1.54, 1.807) is 11.0 Å². The van der Waals surface area contributed by atoms with E-state index in [-0.39, 0.29) is 5.91 Å². The zero-order chi connectivity index (χ0) is 12.0. The van der Waals surface area contributed by atoms with Crippen LogP contribution in [-0.4, -0.2) is 29.2 Å². The maximum absolute atomic E-state index is 12.0. The first-order valence-electron chi connectivity index (χ1n) is 5.66. The van der Waals surface area contributed by atoms with Crippen molar-refractivity contribution in [1.29, 1.82) is 0 Å². The Morgan fingerprint density at radius 3 is 2.69 bits per heavy atom. The number of carbonyl (C=O) groups is 1. The van der Waals surface area contributed by atoms with Crippen molar-refractivity contribution in [3.63, 3.8) is 0 Å². The van der Waals surface area contributed by atoms with E-state index < -0.39 is 0 Å². The van der Waals surface area contributed by atoms with Crippen molar-refractivity contribution in [2.75, 3.05) is 18.4 Å². The lowest BCUT2D eigenvalue weighted by molar-refractivity contribution is 0.0731. The zero-order valence-electron chi connectivity index (χ0n) is 9.83. The summed E-state index contributed by atoms with van der Waals surface area (Å²) in [5.74, 6) is 1.30. The summed E-state index contributed by atoms with van der Waals surface area (Å²) in [5.41, 5.74) is 0. The highest BCUT2D eigenvalue weighted by Crippen LogP contribution is 2.11. The number of hydrogen-bond donors (Lipinski definition) is 0. The number of carbonyl (C=O) groups excluding carboxylic acids is 1. The Bertz CT molecular complexity index is 336. The molecule has 0 N–H and O–H groups in total. The maximum Gasteiger partial charge on any atom is 0.289 e. The first-order chi connectivity index (χ1) is 7.72. The first-order valence-corrected chi connectivity index (χ1v) is 6.79. The van der Waals surface area contributed by atoms with Crippen LogP contribution in [0.25, 0.3) is 0 Å². The van der Waals surface area contributed by atoms with Crippen LogP contribution in [0.1, 0.15) is 36.6 Å². The summed E-state index contributed by atoms with van der Waals surface area (Å²) in [7, 11) is 0. The minimum atomic E-state index is -0.0110. The molecule has 0 fully saturated rings. The second-order valence-corrected chi connectivity index (χ2v) is 4.34. The molecule has 0 aliphatic heterocycles. The van der Waals surface area contributed by atoms with Crippen molar-refractivity contribution in [2.24, 2.45) is 0 Å². The standard InChI is InChI=1S/C12H18BrNO2/c1-3-10-6-7-11(16-10)12(15)14(4-2)9-5-8-13/h6-7H,3-5,8-9H2,1-2H3. The van der Waals surface area contributed by atoms with Gasteiger partial charge in [-0.3, -0.25) is 4.79 Å². The van der Waals surface area contributed by atoms with E-state index in [4.69, 9.17) is 4.42 Å². The van der Waals surface area contributed by atoms with Gasteiger partial charge in [-0.05, 0) is 25.5 Å². The normalized spacial score (nSPS) is 10.4. The highest BCUT2D eigenvalue weighted by atomic mass is 79.9. The third kappa shape index (κ3) is 3.37. The molecular weight excluding hydrogens is 270 g/mol. The van der Waals surface area contributed by atoms with Gasteiger partial charge in [0.15, 0.2) is 5.76 Å². The van der Waals surface area contributed by atoms with E-state index in [0.29, 0.717) is 12.3 Å². The van der Waals surface area contributed by atoms with Gasteiger partial charge in [0.25, 0.3) is 5.91 Å². The van der Waals surface area contributed by atoms with Crippen LogP contribution in [0, 0.1) is 0 Å². The van der Waals surface area contributed by atoms with E-state index in [9.17, 15) is 4.79 Å². The molecule has 0 bridgehead atoms. The summed E-state index contributed by atoms with van der Waals surface area (Å²) in [4.78, 5) is 13.8. The van der Waals surface area contributed by atoms with Crippen molar-refractivity contribution in [1.82, 2.24) is 4.90 Å². The average Bonchev–Trinajstić information content (AvgIpc) is 2.78. The second kappa shape index (κ2) is 6.74. The van der Waals surface area contributed by atoms with Gasteiger partial charge in [0.1, 0.15) is 5.76 Å². The lowest BCUT2D eigenvalue weighted by Crippen LogP contribution is -2.31. The monoisotopic (exact) mass is 287 g/mol. The van der Waals surface area contributed by atoms with E-state index in [1.165, 1.54) is 0 Å². The van der Waals surface area contributed by atoms with Crippen molar-refractivity contribution in [3.05, 3.63) is 23.7 Å². The van der Waals surface area contributed by atoms with Crippen LogP contribution in [-0.2, 0) is 6.42 Å². The summed E-state index contributed by atoms with van der Waals surface area (Å²) in [6.07, 6.45) is 1.78. The molecule has 0 saturated heterocycles. The summed E-state index contributed by atoms with van der Waals surface area (Å²) in [6.45, 7) is 5.47. The number of rotatable bonds is 6. The van der Waals surface area contributed by atoms with Crippen molar-refractivity contribution < 1.29 is 9.21 Å². The topological polar surface area (TPSA) is 33.5 Å². The molecule has 0 atom stereocenters. The molecule has 1 aromatic heterocycles. The minimum absolute atomic E-state index is 0.0110. The van der Waals surface area contributed by atoms with Crippen LogP contribution in [0.5, 0.6) is 0 Å². The van der Waals surface area contributed by atoms with Gasteiger partial charge >= 0.3 is 0 Å². The molecule has 1 aromatic rings. The number of halogens is 1. The molecule has 0 aliphatic carbocycles. The van der Waals surface area contributed by atoms with Gasteiger partial charge < -0.3 is 9.32 Å². The average molecular weight is 288 g/mol. The predicted molar refractivity (Wildman–Crippen MR) is 68.1 cm³/mol. The van der Waals surface area contributed by atoms with Crippen LogP contribution in [0.4, 0.5) is 0 Å². The molecule has 0 unspecified atom stereocenters. The Morgan fingerprint density at radius 2 is 2.19 bits per heavy atom. The number of alkyl halides is 1. The van der Waals surface area contributed by atoms with Crippen LogP contribution < -0.4 is 0 Å². The summed E-state index contributed by atoms with van der Waals surface area (Å²) >= 11 is 3.37. The summed E-state index contributed by atoms with van der Waals surface area (Å²) < 4.78 is 5.45. The van der Waals surface area contributed by atoms with E-state index in [2.05, 4.69) is 15.9 Å². The fraction of sp³-hybridized carbons (Fsp3) is 0.583. The first kappa shape index (κ1) is 13.3. The van der Waals surface area contributed by atoms with Gasteiger partial charge in [-0.2, -0.15) is 0 Å². The highest BCUT2D eigenvalue weighted by Gasteiger charge is 2.16. The molecule has 0 spiro atoms. The molecule has 1 amide bonds. The third-order valence-corrected chi connectivity index (χ3v) is 3.01. The molecule has 0 aromatic carbocycles. The smallest absolute Gasteiger partial charge is 0.289 e. The second-order valence-electron chi connectivity index (χ2n) is 3.55. The molecule has 1 heterocycles. The van der Waals surface area contributed by atoms with Gasteiger partial charge in [-0.25, -0.2) is 0 Å². The van der Waals surface area contributed by atoms with Gasteiger partial charge in [0, 0.05) is 24.8 Å². The molecule has 0 radical (unpaired) electrons. The molecule has 0 aliphatic rings. The number of aryl methyl sites for hydroxylation is 1. The van der Waals surface area contributed by atoms with Gasteiger partial charge in [0.2, 0.25) is 0 Å². The number of furan rings is 1. The van der Waals surface area contributed by atoms with Crippen LogP contribution in [0.15, 0.2) is 16.5 Å². The fourth-order valence-corrected chi connectivity index (χ4v) is 1.74. The van der Waals surface area contributed by atoms with Crippen molar-refractivity contribution in [2.45, 2.75) is 26.7 Å². The predicted octanol–water partition coefficient (Wildman–Crippen LogP) is 3.09. The zero-order valence-corrected chi connectivity index (χ0v) is 11.4. The Kier molecular flexibility index (Phi) is 5.60. The van der Waals surface area contributed by atoms with Gasteiger partial charge in [-0.15, -0.1) is 0 Å². The van der Waals surface area contributed by atoms with Crippen LogP contribution in [0.2, 0.25) is 0 Å². The molecular formula is C12H18BrNO2. The van der Waals surface area contributed by atoms with E-state index in [1.807, 2.05) is 19.9 Å². The molecule has 1 rings (SSSR count). The number of nitrogens with zero attached hydrogens (tertiary/aromatic N) is 1. The Balaban J connectivity index is 2.66. The molecule has 90 valence electrons. The Labute approximate surface area is 105 Å². The fourth-order valence-electron chi connectivity index (χ4n) is 1.49. The van der Waals surface area contributed by atoms with Gasteiger partial charge in [-0.1, -0.05) is 22.9 Å². The largest absolute Gasteiger partial charge is 0.456 e. The third-order valence-electron chi connectivity index (χ3n) is 2.45. The number of hydrogen-bond acceptors (Lipinski definition) is 2. The van der Waals surface area contributed by atoms with Crippen LogP contribution in [0.3, 0.4) is 0 Å². The lowest BCUT2D eigenvalue weighted by Gasteiger charge is -2.18. The molecule has 0 saturated carbocycles. The van der Waals surface area contributed by atoms with E-state index >= 15 is 0 Å². The van der Waals surface area contributed by atoms with Crippen molar-refractivity contribution in [3.8, 4) is 0 Å².